The standard InChI is InChI=1S/C21H19Cl2N5O3/c1-11-8-13(22)9-15(21(31)26-25-12(2)29)18(11)24-20(30)16-10-28(3)27-19(16)14-6-4-5-7-17(14)23/h4-10H,1-3H3,(H,24,30)(H,25,29)(H,26,31). The Kier molecular flexibility index (Phi) is 6.62. The molecule has 1 aromatic heterocycles. The first-order chi connectivity index (χ1) is 14.7. The second-order valence-electron chi connectivity index (χ2n) is 6.78. The normalized spacial score (nSPS) is 10.5. The molecule has 0 aliphatic rings. The molecule has 3 amide bonds. The van der Waals surface area contributed by atoms with Gasteiger partial charge in [0.05, 0.1) is 21.8 Å². The molecule has 31 heavy (non-hydrogen) atoms. The maximum atomic E-state index is 13.2. The smallest absolute Gasteiger partial charge is 0.271 e. The van der Waals surface area contributed by atoms with Crippen LogP contribution in [0.4, 0.5) is 5.69 Å². The summed E-state index contributed by atoms with van der Waals surface area (Å²) in [6.45, 7) is 2.96. The van der Waals surface area contributed by atoms with Crippen LogP contribution in [0.5, 0.6) is 0 Å². The summed E-state index contributed by atoms with van der Waals surface area (Å²) in [6, 6.07) is 10.1. The second-order valence-corrected chi connectivity index (χ2v) is 7.62. The number of nitrogens with zero attached hydrogens (tertiary/aromatic N) is 2. The van der Waals surface area contributed by atoms with Crippen LogP contribution < -0.4 is 16.2 Å². The third-order valence-corrected chi connectivity index (χ3v) is 4.89. The third-order valence-electron chi connectivity index (χ3n) is 4.34. The van der Waals surface area contributed by atoms with Crippen molar-refractivity contribution in [1.82, 2.24) is 20.6 Å². The number of aromatic nitrogens is 2. The van der Waals surface area contributed by atoms with Crippen molar-refractivity contribution in [3.8, 4) is 11.3 Å². The Labute approximate surface area is 188 Å². The van der Waals surface area contributed by atoms with Crippen molar-refractivity contribution in [3.05, 3.63) is 69.3 Å². The molecule has 10 heteroatoms. The molecule has 0 bridgehead atoms. The van der Waals surface area contributed by atoms with Crippen LogP contribution in [0.1, 0.15) is 33.2 Å². The molecule has 0 aliphatic carbocycles. The van der Waals surface area contributed by atoms with Crippen LogP contribution in [0, 0.1) is 6.92 Å². The number of rotatable bonds is 4. The molecule has 0 unspecified atom stereocenters. The van der Waals surface area contributed by atoms with E-state index in [4.69, 9.17) is 23.2 Å². The number of benzene rings is 2. The summed E-state index contributed by atoms with van der Waals surface area (Å²) in [5.74, 6) is -1.56. The van der Waals surface area contributed by atoms with Gasteiger partial charge in [0, 0.05) is 30.8 Å². The number of anilines is 1. The molecule has 0 fully saturated rings. The molecule has 3 rings (SSSR count). The summed E-state index contributed by atoms with van der Waals surface area (Å²) in [6.07, 6.45) is 1.57. The van der Waals surface area contributed by atoms with Crippen LogP contribution in [0.3, 0.4) is 0 Å². The molecule has 0 aliphatic heterocycles. The number of nitrogens with one attached hydrogen (secondary N) is 3. The fourth-order valence-corrected chi connectivity index (χ4v) is 3.49. The van der Waals surface area contributed by atoms with Crippen molar-refractivity contribution in [2.75, 3.05) is 5.32 Å². The molecule has 0 spiro atoms. The van der Waals surface area contributed by atoms with Crippen LogP contribution in [0.15, 0.2) is 42.6 Å². The van der Waals surface area contributed by atoms with Crippen molar-refractivity contribution < 1.29 is 14.4 Å². The highest BCUT2D eigenvalue weighted by Crippen LogP contribution is 2.31. The van der Waals surface area contributed by atoms with E-state index in [2.05, 4.69) is 21.3 Å². The minimum absolute atomic E-state index is 0.0929. The van der Waals surface area contributed by atoms with Gasteiger partial charge < -0.3 is 5.32 Å². The first-order valence-electron chi connectivity index (χ1n) is 9.14. The zero-order chi connectivity index (χ0) is 22.7. The van der Waals surface area contributed by atoms with Crippen molar-refractivity contribution in [2.45, 2.75) is 13.8 Å². The Balaban J connectivity index is 1.99. The summed E-state index contributed by atoms with van der Waals surface area (Å²) in [5.41, 5.74) is 6.68. The molecule has 0 radical (unpaired) electrons. The number of hydrazine groups is 1. The van der Waals surface area contributed by atoms with E-state index in [1.54, 1.807) is 50.5 Å². The maximum absolute atomic E-state index is 13.2. The lowest BCUT2D eigenvalue weighted by molar-refractivity contribution is -0.119. The van der Waals surface area contributed by atoms with E-state index in [1.165, 1.54) is 17.7 Å². The van der Waals surface area contributed by atoms with Gasteiger partial charge in [0.1, 0.15) is 5.69 Å². The average Bonchev–Trinajstić information content (AvgIpc) is 3.09. The van der Waals surface area contributed by atoms with Gasteiger partial charge in [-0.25, -0.2) is 0 Å². The van der Waals surface area contributed by atoms with E-state index in [9.17, 15) is 14.4 Å². The first kappa shape index (κ1) is 22.3. The van der Waals surface area contributed by atoms with Crippen LogP contribution in [-0.4, -0.2) is 27.5 Å². The first-order valence-corrected chi connectivity index (χ1v) is 9.90. The number of hydrogen-bond acceptors (Lipinski definition) is 4. The largest absolute Gasteiger partial charge is 0.321 e. The van der Waals surface area contributed by atoms with Gasteiger partial charge in [-0.05, 0) is 30.7 Å². The number of amides is 3. The SMILES string of the molecule is CC(=O)NNC(=O)c1cc(Cl)cc(C)c1NC(=O)c1cn(C)nc1-c1ccccc1Cl. The Morgan fingerprint density at radius 1 is 1.00 bits per heavy atom. The Hall–Kier alpha value is -3.36. The number of aryl methyl sites for hydroxylation is 2. The lowest BCUT2D eigenvalue weighted by atomic mass is 10.1. The minimum atomic E-state index is -0.631. The van der Waals surface area contributed by atoms with Crippen LogP contribution in [-0.2, 0) is 11.8 Å². The molecule has 8 nitrogen and oxygen atoms in total. The number of hydrogen-bond donors (Lipinski definition) is 3. The van der Waals surface area contributed by atoms with E-state index in [-0.39, 0.29) is 16.8 Å². The Morgan fingerprint density at radius 2 is 1.71 bits per heavy atom. The zero-order valence-corrected chi connectivity index (χ0v) is 18.4. The average molecular weight is 460 g/mol. The Bertz CT molecular complexity index is 1190. The molecule has 160 valence electrons. The number of carbonyl (C=O) groups is 3. The highest BCUT2D eigenvalue weighted by Gasteiger charge is 2.22. The monoisotopic (exact) mass is 459 g/mol. The predicted molar refractivity (Wildman–Crippen MR) is 119 cm³/mol. The predicted octanol–water partition coefficient (Wildman–Crippen LogP) is 3.74. The summed E-state index contributed by atoms with van der Waals surface area (Å²) in [5, 5.41) is 7.90. The molecule has 0 saturated carbocycles. The molecule has 3 aromatic rings. The summed E-state index contributed by atoms with van der Waals surface area (Å²) >= 11 is 12.4. The van der Waals surface area contributed by atoms with Crippen LogP contribution in [0.2, 0.25) is 10.0 Å². The van der Waals surface area contributed by atoms with Gasteiger partial charge in [0.2, 0.25) is 5.91 Å². The van der Waals surface area contributed by atoms with E-state index >= 15 is 0 Å². The molecule has 3 N–H and O–H groups in total. The number of halogens is 2. The highest BCUT2D eigenvalue weighted by atomic mass is 35.5. The molecule has 0 atom stereocenters. The fraction of sp³-hybridized carbons (Fsp3) is 0.143. The van der Waals surface area contributed by atoms with E-state index < -0.39 is 17.7 Å². The molecular formula is C21H19Cl2N5O3. The third kappa shape index (κ3) is 5.04. The van der Waals surface area contributed by atoms with Gasteiger partial charge in [0.15, 0.2) is 0 Å². The van der Waals surface area contributed by atoms with Crippen LogP contribution in [0.25, 0.3) is 11.3 Å². The number of carbonyl (C=O) groups excluding carboxylic acids is 3. The van der Waals surface area contributed by atoms with Crippen LogP contribution >= 0.6 is 23.2 Å². The van der Waals surface area contributed by atoms with Gasteiger partial charge in [-0.15, -0.1) is 0 Å². The summed E-state index contributed by atoms with van der Waals surface area (Å²) in [4.78, 5) is 36.9. The summed E-state index contributed by atoms with van der Waals surface area (Å²) in [7, 11) is 1.69. The lowest BCUT2D eigenvalue weighted by Gasteiger charge is -2.15. The van der Waals surface area contributed by atoms with E-state index in [0.717, 1.165) is 0 Å². The van der Waals surface area contributed by atoms with Crippen molar-refractivity contribution in [3.63, 3.8) is 0 Å². The van der Waals surface area contributed by atoms with Crippen molar-refractivity contribution >= 4 is 46.6 Å². The van der Waals surface area contributed by atoms with E-state index in [0.29, 0.717) is 26.9 Å². The van der Waals surface area contributed by atoms with Gasteiger partial charge in [-0.3, -0.25) is 29.9 Å². The van der Waals surface area contributed by atoms with Crippen molar-refractivity contribution in [1.29, 1.82) is 0 Å². The van der Waals surface area contributed by atoms with Gasteiger partial charge >= 0.3 is 0 Å². The highest BCUT2D eigenvalue weighted by molar-refractivity contribution is 6.33. The zero-order valence-electron chi connectivity index (χ0n) is 16.9. The maximum Gasteiger partial charge on any atom is 0.271 e. The van der Waals surface area contributed by atoms with Gasteiger partial charge in [-0.1, -0.05) is 41.4 Å². The minimum Gasteiger partial charge on any atom is -0.321 e. The fourth-order valence-electron chi connectivity index (χ4n) is 2.99. The summed E-state index contributed by atoms with van der Waals surface area (Å²) < 4.78 is 1.51. The molecular weight excluding hydrogens is 441 g/mol. The molecule has 1 heterocycles. The van der Waals surface area contributed by atoms with E-state index in [1.807, 2.05) is 0 Å². The lowest BCUT2D eigenvalue weighted by Crippen LogP contribution is -2.40. The quantitative estimate of drug-likeness (QED) is 0.516. The Morgan fingerprint density at radius 3 is 2.39 bits per heavy atom. The molecule has 2 aromatic carbocycles. The van der Waals surface area contributed by atoms with Crippen molar-refractivity contribution in [2.24, 2.45) is 7.05 Å². The van der Waals surface area contributed by atoms with Gasteiger partial charge in [0.25, 0.3) is 11.8 Å². The van der Waals surface area contributed by atoms with Gasteiger partial charge in [-0.2, -0.15) is 5.10 Å². The second kappa shape index (κ2) is 9.20. The topological polar surface area (TPSA) is 105 Å². The molecule has 0 saturated heterocycles.